The minimum absolute atomic E-state index is 0.0711. The van der Waals surface area contributed by atoms with E-state index in [4.69, 9.17) is 11.6 Å². The number of hydrogen-bond acceptors (Lipinski definition) is 2. The topological polar surface area (TPSA) is 29.1 Å². The molecule has 0 spiro atoms. The van der Waals surface area contributed by atoms with Crippen LogP contribution in [0.25, 0.3) is 0 Å². The molecule has 1 aromatic carbocycles. The van der Waals surface area contributed by atoms with Gasteiger partial charge in [-0.15, -0.1) is 11.3 Å². The van der Waals surface area contributed by atoms with E-state index in [9.17, 15) is 4.79 Å². The molecule has 0 bridgehead atoms. The predicted molar refractivity (Wildman–Crippen MR) is 82.6 cm³/mol. The molecule has 2 aromatic rings. The van der Waals surface area contributed by atoms with Gasteiger partial charge in [0.2, 0.25) is 0 Å². The zero-order valence-electron chi connectivity index (χ0n) is 11.2. The number of benzene rings is 1. The van der Waals surface area contributed by atoms with Crippen molar-refractivity contribution < 1.29 is 4.79 Å². The standard InChI is InChI=1S/C15H16ClNOS/c1-4-11-8-14(19-10(11)3)15(18)17-13-7-5-6-12(16)9(13)2/h5-8H,4H2,1-3H3,(H,17,18). The summed E-state index contributed by atoms with van der Waals surface area (Å²) in [4.78, 5) is 14.2. The number of carbonyl (C=O) groups is 1. The number of carbonyl (C=O) groups excluding carboxylic acids is 1. The average molecular weight is 294 g/mol. The highest BCUT2D eigenvalue weighted by Crippen LogP contribution is 2.26. The van der Waals surface area contributed by atoms with Gasteiger partial charge in [0.15, 0.2) is 0 Å². The van der Waals surface area contributed by atoms with E-state index in [0.29, 0.717) is 5.02 Å². The maximum absolute atomic E-state index is 12.2. The van der Waals surface area contributed by atoms with Gasteiger partial charge in [0.1, 0.15) is 0 Å². The molecule has 0 radical (unpaired) electrons. The number of amides is 1. The van der Waals surface area contributed by atoms with Crippen LogP contribution in [0, 0.1) is 13.8 Å². The number of nitrogens with one attached hydrogen (secondary N) is 1. The van der Waals surface area contributed by atoms with E-state index in [1.165, 1.54) is 21.8 Å². The van der Waals surface area contributed by atoms with Crippen LogP contribution in [-0.2, 0) is 6.42 Å². The number of thiophene rings is 1. The molecular weight excluding hydrogens is 278 g/mol. The minimum atomic E-state index is -0.0711. The fourth-order valence-corrected chi connectivity index (χ4v) is 3.09. The predicted octanol–water partition coefficient (Wildman–Crippen LogP) is 4.83. The highest BCUT2D eigenvalue weighted by Gasteiger charge is 2.13. The Balaban J connectivity index is 2.23. The third-order valence-corrected chi connectivity index (χ3v) is 4.64. The molecule has 1 N–H and O–H groups in total. The molecule has 19 heavy (non-hydrogen) atoms. The van der Waals surface area contributed by atoms with Crippen molar-refractivity contribution in [2.75, 3.05) is 5.32 Å². The number of aryl methyl sites for hydroxylation is 2. The average Bonchev–Trinajstić information content (AvgIpc) is 2.76. The number of hydrogen-bond donors (Lipinski definition) is 1. The fraction of sp³-hybridized carbons (Fsp3) is 0.267. The first-order valence-corrected chi connectivity index (χ1v) is 7.38. The smallest absolute Gasteiger partial charge is 0.265 e. The van der Waals surface area contributed by atoms with Crippen molar-refractivity contribution in [3.63, 3.8) is 0 Å². The lowest BCUT2D eigenvalue weighted by molar-refractivity contribution is 0.103. The van der Waals surface area contributed by atoms with E-state index in [1.807, 2.05) is 38.1 Å². The van der Waals surface area contributed by atoms with Gasteiger partial charge in [-0.25, -0.2) is 0 Å². The van der Waals surface area contributed by atoms with Crippen LogP contribution in [0.5, 0.6) is 0 Å². The van der Waals surface area contributed by atoms with Crippen LogP contribution in [0.4, 0.5) is 5.69 Å². The zero-order chi connectivity index (χ0) is 14.0. The SMILES string of the molecule is CCc1cc(C(=O)Nc2cccc(Cl)c2C)sc1C. The maximum atomic E-state index is 12.2. The third-order valence-electron chi connectivity index (χ3n) is 3.14. The van der Waals surface area contributed by atoms with E-state index in [2.05, 4.69) is 12.2 Å². The number of rotatable bonds is 3. The van der Waals surface area contributed by atoms with E-state index < -0.39 is 0 Å². The second kappa shape index (κ2) is 5.76. The lowest BCUT2D eigenvalue weighted by Gasteiger charge is -2.08. The molecule has 0 saturated carbocycles. The number of anilines is 1. The first-order valence-electron chi connectivity index (χ1n) is 6.18. The first kappa shape index (κ1) is 14.1. The second-order valence-electron chi connectivity index (χ2n) is 4.41. The van der Waals surface area contributed by atoms with Crippen LogP contribution in [0.3, 0.4) is 0 Å². The lowest BCUT2D eigenvalue weighted by Crippen LogP contribution is -2.11. The summed E-state index contributed by atoms with van der Waals surface area (Å²) in [6.07, 6.45) is 0.950. The Morgan fingerprint density at radius 3 is 2.74 bits per heavy atom. The van der Waals surface area contributed by atoms with Crippen LogP contribution in [-0.4, -0.2) is 5.91 Å². The molecule has 100 valence electrons. The Hall–Kier alpha value is -1.32. The van der Waals surface area contributed by atoms with E-state index in [1.54, 1.807) is 0 Å². The highest BCUT2D eigenvalue weighted by molar-refractivity contribution is 7.14. The molecule has 0 aliphatic heterocycles. The van der Waals surface area contributed by atoms with Gasteiger partial charge in [-0.1, -0.05) is 24.6 Å². The molecule has 0 atom stereocenters. The van der Waals surface area contributed by atoms with Crippen molar-refractivity contribution >= 4 is 34.5 Å². The minimum Gasteiger partial charge on any atom is -0.321 e. The summed E-state index contributed by atoms with van der Waals surface area (Å²) in [6.45, 7) is 6.04. The Labute approximate surface area is 122 Å². The van der Waals surface area contributed by atoms with Crippen LogP contribution >= 0.6 is 22.9 Å². The summed E-state index contributed by atoms with van der Waals surface area (Å²) in [7, 11) is 0. The van der Waals surface area contributed by atoms with Gasteiger partial charge < -0.3 is 5.32 Å². The summed E-state index contributed by atoms with van der Waals surface area (Å²) in [5.41, 5.74) is 2.89. The van der Waals surface area contributed by atoms with E-state index >= 15 is 0 Å². The largest absolute Gasteiger partial charge is 0.321 e. The molecule has 0 unspecified atom stereocenters. The van der Waals surface area contributed by atoms with Crippen molar-refractivity contribution in [1.29, 1.82) is 0 Å². The Kier molecular flexibility index (Phi) is 4.27. The van der Waals surface area contributed by atoms with Gasteiger partial charge in [-0.2, -0.15) is 0 Å². The van der Waals surface area contributed by atoms with Crippen LogP contribution < -0.4 is 5.32 Å². The highest BCUT2D eigenvalue weighted by atomic mass is 35.5. The van der Waals surface area contributed by atoms with Crippen molar-refractivity contribution in [3.8, 4) is 0 Å². The summed E-state index contributed by atoms with van der Waals surface area (Å²) >= 11 is 7.58. The van der Waals surface area contributed by atoms with Crippen molar-refractivity contribution in [2.24, 2.45) is 0 Å². The molecule has 0 aliphatic rings. The molecule has 0 fully saturated rings. The first-order chi connectivity index (χ1) is 9.02. The maximum Gasteiger partial charge on any atom is 0.265 e. The van der Waals surface area contributed by atoms with Crippen molar-refractivity contribution in [2.45, 2.75) is 27.2 Å². The molecule has 4 heteroatoms. The van der Waals surface area contributed by atoms with Gasteiger partial charge in [0.25, 0.3) is 5.91 Å². The molecule has 0 aliphatic carbocycles. The van der Waals surface area contributed by atoms with Crippen LogP contribution in [0.15, 0.2) is 24.3 Å². The van der Waals surface area contributed by atoms with Crippen molar-refractivity contribution in [1.82, 2.24) is 0 Å². The summed E-state index contributed by atoms with van der Waals surface area (Å²) in [5, 5.41) is 3.58. The molecule has 2 rings (SSSR count). The van der Waals surface area contributed by atoms with Gasteiger partial charge >= 0.3 is 0 Å². The summed E-state index contributed by atoms with van der Waals surface area (Å²) < 4.78 is 0. The zero-order valence-corrected chi connectivity index (χ0v) is 12.8. The number of halogens is 1. The molecule has 1 aromatic heterocycles. The molecule has 1 heterocycles. The lowest BCUT2D eigenvalue weighted by atomic mass is 10.2. The summed E-state index contributed by atoms with van der Waals surface area (Å²) in [5.74, 6) is -0.0711. The normalized spacial score (nSPS) is 10.5. The molecule has 2 nitrogen and oxygen atoms in total. The van der Waals surface area contributed by atoms with Gasteiger partial charge in [0, 0.05) is 15.6 Å². The second-order valence-corrected chi connectivity index (χ2v) is 6.08. The van der Waals surface area contributed by atoms with Gasteiger partial charge in [-0.3, -0.25) is 4.79 Å². The van der Waals surface area contributed by atoms with Crippen LogP contribution in [0.2, 0.25) is 5.02 Å². The van der Waals surface area contributed by atoms with E-state index in [0.717, 1.165) is 22.5 Å². The molecule has 1 amide bonds. The van der Waals surface area contributed by atoms with Crippen LogP contribution in [0.1, 0.15) is 32.6 Å². The Morgan fingerprint density at radius 1 is 1.37 bits per heavy atom. The summed E-state index contributed by atoms with van der Waals surface area (Å²) in [6, 6.07) is 7.48. The van der Waals surface area contributed by atoms with Gasteiger partial charge in [-0.05, 0) is 49.6 Å². The van der Waals surface area contributed by atoms with Crippen molar-refractivity contribution in [3.05, 3.63) is 50.2 Å². The quantitative estimate of drug-likeness (QED) is 0.862. The third kappa shape index (κ3) is 2.99. The Bertz CT molecular complexity index is 619. The van der Waals surface area contributed by atoms with Gasteiger partial charge in [0.05, 0.1) is 4.88 Å². The fourth-order valence-electron chi connectivity index (χ4n) is 1.91. The Morgan fingerprint density at radius 2 is 2.11 bits per heavy atom. The molecule has 0 saturated heterocycles. The molecular formula is C15H16ClNOS. The van der Waals surface area contributed by atoms with E-state index in [-0.39, 0.29) is 5.91 Å². The monoisotopic (exact) mass is 293 g/mol.